The number of amides is 1. The first-order valence-electron chi connectivity index (χ1n) is 6.26. The molecule has 0 radical (unpaired) electrons. The zero-order chi connectivity index (χ0) is 13.3. The van der Waals surface area contributed by atoms with Gasteiger partial charge in [0.2, 0.25) is 0 Å². The number of aliphatic hydroxyl groups excluding tert-OH is 1. The van der Waals surface area contributed by atoms with Crippen LogP contribution in [0.4, 0.5) is 0 Å². The van der Waals surface area contributed by atoms with Crippen LogP contribution in [0.15, 0.2) is 18.2 Å². The summed E-state index contributed by atoms with van der Waals surface area (Å²) in [6.07, 6.45) is 0.892. The summed E-state index contributed by atoms with van der Waals surface area (Å²) in [5, 5.41) is 19.2. The van der Waals surface area contributed by atoms with Gasteiger partial charge in [0.1, 0.15) is 5.75 Å². The van der Waals surface area contributed by atoms with Gasteiger partial charge in [0.25, 0.3) is 5.91 Å². The van der Waals surface area contributed by atoms with E-state index in [4.69, 9.17) is 0 Å². The summed E-state index contributed by atoms with van der Waals surface area (Å²) in [7, 11) is 0. The summed E-state index contributed by atoms with van der Waals surface area (Å²) in [5.74, 6) is 0.110. The Morgan fingerprint density at radius 3 is 2.83 bits per heavy atom. The molecule has 1 aromatic carbocycles. The Morgan fingerprint density at radius 2 is 2.22 bits per heavy atom. The number of nitrogens with zero attached hydrogens (tertiary/aromatic N) is 1. The summed E-state index contributed by atoms with van der Waals surface area (Å²) in [6, 6.07) is 4.89. The second kappa shape index (κ2) is 4.98. The molecule has 0 spiro atoms. The smallest absolute Gasteiger partial charge is 0.257 e. The average molecular weight is 249 g/mol. The van der Waals surface area contributed by atoms with Gasteiger partial charge in [-0.2, -0.15) is 0 Å². The summed E-state index contributed by atoms with van der Waals surface area (Å²) < 4.78 is 0. The molecule has 0 aliphatic carbocycles. The maximum absolute atomic E-state index is 12.3. The Morgan fingerprint density at radius 1 is 1.50 bits per heavy atom. The number of carbonyl (C=O) groups is 1. The molecule has 1 amide bonds. The number of phenols is 1. The van der Waals surface area contributed by atoms with Crippen molar-refractivity contribution in [3.63, 3.8) is 0 Å². The van der Waals surface area contributed by atoms with Crippen LogP contribution in [0.2, 0.25) is 0 Å². The highest BCUT2D eigenvalue weighted by Crippen LogP contribution is 2.28. The number of rotatable bonds is 2. The van der Waals surface area contributed by atoms with Crippen LogP contribution in [-0.2, 0) is 0 Å². The normalized spacial score (nSPS) is 23.4. The van der Waals surface area contributed by atoms with Crippen LogP contribution in [0.25, 0.3) is 0 Å². The molecule has 1 aromatic rings. The van der Waals surface area contributed by atoms with E-state index in [-0.39, 0.29) is 24.3 Å². The molecule has 1 fully saturated rings. The van der Waals surface area contributed by atoms with E-state index < -0.39 is 0 Å². The quantitative estimate of drug-likeness (QED) is 0.836. The van der Waals surface area contributed by atoms with E-state index in [1.165, 1.54) is 0 Å². The molecule has 2 N–H and O–H groups in total. The van der Waals surface area contributed by atoms with Gasteiger partial charge in [-0.15, -0.1) is 0 Å². The van der Waals surface area contributed by atoms with E-state index >= 15 is 0 Å². The van der Waals surface area contributed by atoms with Gasteiger partial charge in [0.05, 0.1) is 18.2 Å². The lowest BCUT2D eigenvalue weighted by Gasteiger charge is -2.25. The van der Waals surface area contributed by atoms with Crippen molar-refractivity contribution in [2.24, 2.45) is 5.92 Å². The van der Waals surface area contributed by atoms with Crippen molar-refractivity contribution in [1.82, 2.24) is 4.90 Å². The van der Waals surface area contributed by atoms with Crippen molar-refractivity contribution in [1.29, 1.82) is 0 Å². The molecular weight excluding hydrogens is 230 g/mol. The van der Waals surface area contributed by atoms with Gasteiger partial charge in [-0.25, -0.2) is 0 Å². The zero-order valence-electron chi connectivity index (χ0n) is 10.8. The van der Waals surface area contributed by atoms with Crippen molar-refractivity contribution >= 4 is 5.91 Å². The fraction of sp³-hybridized carbons (Fsp3) is 0.500. The monoisotopic (exact) mass is 249 g/mol. The molecule has 4 nitrogen and oxygen atoms in total. The molecule has 0 aromatic heterocycles. The molecule has 98 valence electrons. The largest absolute Gasteiger partial charge is 0.507 e. The highest BCUT2D eigenvalue weighted by Gasteiger charge is 2.34. The van der Waals surface area contributed by atoms with Gasteiger partial charge in [-0.05, 0) is 37.0 Å². The number of aryl methyl sites for hydroxylation is 1. The van der Waals surface area contributed by atoms with Crippen molar-refractivity contribution in [2.45, 2.75) is 26.3 Å². The number of hydrogen-bond acceptors (Lipinski definition) is 3. The molecule has 2 atom stereocenters. The summed E-state index contributed by atoms with van der Waals surface area (Å²) in [6.45, 7) is 4.50. The number of hydrogen-bond donors (Lipinski definition) is 2. The maximum atomic E-state index is 12.3. The Labute approximate surface area is 107 Å². The van der Waals surface area contributed by atoms with E-state index in [0.29, 0.717) is 18.0 Å². The third-order valence-corrected chi connectivity index (χ3v) is 3.71. The van der Waals surface area contributed by atoms with Gasteiger partial charge >= 0.3 is 0 Å². The Hall–Kier alpha value is -1.55. The van der Waals surface area contributed by atoms with Gasteiger partial charge in [0, 0.05) is 6.54 Å². The van der Waals surface area contributed by atoms with E-state index in [1.54, 1.807) is 23.1 Å². The highest BCUT2D eigenvalue weighted by molar-refractivity contribution is 5.97. The standard InChI is InChI=1S/C14H19NO3/c1-9-3-4-11(13(17)7-9)14(18)15-6-5-10(2)12(15)8-16/h3-4,7,10,12,16-17H,5-6,8H2,1-2H3. The van der Waals surface area contributed by atoms with Crippen LogP contribution < -0.4 is 0 Å². The molecule has 0 saturated carbocycles. The average Bonchev–Trinajstić information content (AvgIpc) is 2.69. The minimum absolute atomic E-state index is 0.0104. The number of aromatic hydroxyl groups is 1. The number of carbonyl (C=O) groups excluding carboxylic acids is 1. The molecule has 1 saturated heterocycles. The summed E-state index contributed by atoms with van der Waals surface area (Å²) in [5.41, 5.74) is 1.23. The first kappa shape index (κ1) is 12.9. The fourth-order valence-electron chi connectivity index (χ4n) is 2.52. The topological polar surface area (TPSA) is 60.8 Å². The molecule has 18 heavy (non-hydrogen) atoms. The van der Waals surface area contributed by atoms with Gasteiger partial charge in [0.15, 0.2) is 0 Å². The molecule has 0 bridgehead atoms. The van der Waals surface area contributed by atoms with Crippen molar-refractivity contribution in [3.05, 3.63) is 29.3 Å². The van der Waals surface area contributed by atoms with Gasteiger partial charge in [-0.3, -0.25) is 4.79 Å². The van der Waals surface area contributed by atoms with Crippen LogP contribution in [0.3, 0.4) is 0 Å². The van der Waals surface area contributed by atoms with E-state index in [9.17, 15) is 15.0 Å². The second-order valence-electron chi connectivity index (χ2n) is 5.04. The lowest BCUT2D eigenvalue weighted by atomic mass is 10.0. The summed E-state index contributed by atoms with van der Waals surface area (Å²) >= 11 is 0. The minimum Gasteiger partial charge on any atom is -0.507 e. The van der Waals surface area contributed by atoms with Crippen LogP contribution in [0.5, 0.6) is 5.75 Å². The molecule has 2 unspecified atom stereocenters. The highest BCUT2D eigenvalue weighted by atomic mass is 16.3. The van der Waals surface area contributed by atoms with E-state index in [0.717, 1.165) is 12.0 Å². The predicted molar refractivity (Wildman–Crippen MR) is 68.5 cm³/mol. The third-order valence-electron chi connectivity index (χ3n) is 3.71. The zero-order valence-corrected chi connectivity index (χ0v) is 10.8. The van der Waals surface area contributed by atoms with Gasteiger partial charge < -0.3 is 15.1 Å². The minimum atomic E-state index is -0.198. The van der Waals surface area contributed by atoms with E-state index in [2.05, 4.69) is 0 Å². The maximum Gasteiger partial charge on any atom is 0.257 e. The SMILES string of the molecule is Cc1ccc(C(=O)N2CCC(C)C2CO)c(O)c1. The lowest BCUT2D eigenvalue weighted by Crippen LogP contribution is -2.39. The van der Waals surface area contributed by atoms with E-state index in [1.807, 2.05) is 13.8 Å². The van der Waals surface area contributed by atoms with Crippen LogP contribution in [0.1, 0.15) is 29.3 Å². The Bertz CT molecular complexity index is 458. The Kier molecular flexibility index (Phi) is 3.57. The van der Waals surface area contributed by atoms with Crippen molar-refractivity contribution in [3.8, 4) is 5.75 Å². The van der Waals surface area contributed by atoms with Crippen LogP contribution in [0, 0.1) is 12.8 Å². The van der Waals surface area contributed by atoms with Crippen molar-refractivity contribution in [2.75, 3.05) is 13.2 Å². The number of phenolic OH excluding ortho intramolecular Hbond substituents is 1. The Balaban J connectivity index is 2.26. The number of aliphatic hydroxyl groups is 1. The lowest BCUT2D eigenvalue weighted by molar-refractivity contribution is 0.0645. The predicted octanol–water partition coefficient (Wildman–Crippen LogP) is 1.54. The molecular formula is C14H19NO3. The summed E-state index contributed by atoms with van der Waals surface area (Å²) in [4.78, 5) is 14.0. The molecule has 2 rings (SSSR count). The second-order valence-corrected chi connectivity index (χ2v) is 5.04. The van der Waals surface area contributed by atoms with Crippen LogP contribution in [-0.4, -0.2) is 40.2 Å². The first-order chi connectivity index (χ1) is 8.54. The molecule has 1 aliphatic heterocycles. The first-order valence-corrected chi connectivity index (χ1v) is 6.26. The van der Waals surface area contributed by atoms with Crippen molar-refractivity contribution < 1.29 is 15.0 Å². The van der Waals surface area contributed by atoms with Gasteiger partial charge in [-0.1, -0.05) is 13.0 Å². The van der Waals surface area contributed by atoms with Crippen LogP contribution >= 0.6 is 0 Å². The fourth-order valence-corrected chi connectivity index (χ4v) is 2.52. The molecule has 4 heteroatoms. The number of likely N-dealkylation sites (tertiary alicyclic amines) is 1. The molecule has 1 aliphatic rings. The molecule has 1 heterocycles. The number of benzene rings is 1. The third kappa shape index (κ3) is 2.20.